The predicted molar refractivity (Wildman–Crippen MR) is 263 cm³/mol. The molecule has 286 valence electrons. The zero-order chi connectivity index (χ0) is 40.5. The molecule has 0 radical (unpaired) electrons. The van der Waals surface area contributed by atoms with Gasteiger partial charge in [-0.1, -0.05) is 164 Å². The van der Waals surface area contributed by atoms with Gasteiger partial charge in [0.05, 0.1) is 22.1 Å². The fourth-order valence-electron chi connectivity index (χ4n) is 10.8. The second-order valence-electron chi connectivity index (χ2n) is 16.9. The van der Waals surface area contributed by atoms with Gasteiger partial charge in [0, 0.05) is 38.3 Å². The van der Waals surface area contributed by atoms with Gasteiger partial charge in [0.1, 0.15) is 0 Å². The van der Waals surface area contributed by atoms with Crippen molar-refractivity contribution in [1.29, 1.82) is 0 Å². The molecule has 62 heavy (non-hydrogen) atoms. The van der Waals surface area contributed by atoms with Crippen molar-refractivity contribution < 1.29 is 0 Å². The van der Waals surface area contributed by atoms with Crippen LogP contribution in [-0.2, 0) is 0 Å². The molecule has 0 aliphatic heterocycles. The monoisotopic (exact) mass is 784 g/mol. The van der Waals surface area contributed by atoms with E-state index in [-0.39, 0.29) is 0 Å². The first kappa shape index (κ1) is 33.6. The minimum atomic E-state index is 1.16. The average Bonchev–Trinajstić information content (AvgIpc) is 3.98. The molecule has 2 heterocycles. The van der Waals surface area contributed by atoms with Crippen molar-refractivity contribution in [3.05, 3.63) is 218 Å². The topological polar surface area (TPSA) is 9.86 Å². The highest BCUT2D eigenvalue weighted by Crippen LogP contribution is 2.49. The Morgan fingerprint density at radius 3 is 1.66 bits per heavy atom. The van der Waals surface area contributed by atoms with Gasteiger partial charge in [-0.2, -0.15) is 0 Å². The van der Waals surface area contributed by atoms with Crippen LogP contribution in [0.5, 0.6) is 0 Å². The van der Waals surface area contributed by atoms with Crippen molar-refractivity contribution in [2.24, 2.45) is 0 Å². The Labute approximate surface area is 357 Å². The van der Waals surface area contributed by atoms with E-state index >= 15 is 0 Å². The zero-order valence-corrected chi connectivity index (χ0v) is 33.7. The van der Waals surface area contributed by atoms with Crippen molar-refractivity contribution in [3.63, 3.8) is 0 Å². The SMILES string of the molecule is c1cc(-c2ccc3c4c(cccc24)-c2ccccc2-3)cc(-n2c3ccccc3c3cc(-c4ccc5c(c4)c4ccc6ccccc6c4n5-c4ccc5ccccc5c4)ccc32)c1. The summed E-state index contributed by atoms with van der Waals surface area (Å²) in [5.41, 5.74) is 17.4. The summed E-state index contributed by atoms with van der Waals surface area (Å²) in [5.74, 6) is 0. The van der Waals surface area contributed by atoms with Crippen LogP contribution >= 0.6 is 0 Å². The van der Waals surface area contributed by atoms with Gasteiger partial charge >= 0.3 is 0 Å². The normalized spacial score (nSPS) is 12.2. The van der Waals surface area contributed by atoms with Gasteiger partial charge in [-0.15, -0.1) is 0 Å². The van der Waals surface area contributed by atoms with Gasteiger partial charge in [0.2, 0.25) is 0 Å². The smallest absolute Gasteiger partial charge is 0.0619 e. The van der Waals surface area contributed by atoms with E-state index < -0.39 is 0 Å². The van der Waals surface area contributed by atoms with Gasteiger partial charge in [0.25, 0.3) is 0 Å². The molecular formula is C60H36N2. The number of hydrogen-bond acceptors (Lipinski definition) is 0. The Hall–Kier alpha value is -8.20. The van der Waals surface area contributed by atoms with Crippen LogP contribution in [0.3, 0.4) is 0 Å². The highest BCUT2D eigenvalue weighted by atomic mass is 15.0. The van der Waals surface area contributed by atoms with Crippen LogP contribution in [0.2, 0.25) is 0 Å². The fraction of sp³-hybridized carbons (Fsp3) is 0. The van der Waals surface area contributed by atoms with Crippen molar-refractivity contribution in [2.45, 2.75) is 0 Å². The molecule has 0 amide bonds. The molecular weight excluding hydrogens is 749 g/mol. The summed E-state index contributed by atoms with van der Waals surface area (Å²) in [6, 6.07) is 81.1. The van der Waals surface area contributed by atoms with Crippen LogP contribution in [0.1, 0.15) is 0 Å². The van der Waals surface area contributed by atoms with Gasteiger partial charge < -0.3 is 9.13 Å². The van der Waals surface area contributed by atoms with Gasteiger partial charge in [-0.3, -0.25) is 0 Å². The van der Waals surface area contributed by atoms with E-state index in [0.717, 1.165) is 5.69 Å². The second-order valence-corrected chi connectivity index (χ2v) is 16.9. The molecule has 0 bridgehead atoms. The van der Waals surface area contributed by atoms with E-state index in [0.29, 0.717) is 0 Å². The molecule has 14 rings (SSSR count). The summed E-state index contributed by atoms with van der Waals surface area (Å²) >= 11 is 0. The van der Waals surface area contributed by atoms with Crippen molar-refractivity contribution in [2.75, 3.05) is 0 Å². The summed E-state index contributed by atoms with van der Waals surface area (Å²) < 4.78 is 4.91. The van der Waals surface area contributed by atoms with Gasteiger partial charge in [-0.05, 0) is 126 Å². The summed E-state index contributed by atoms with van der Waals surface area (Å²) in [4.78, 5) is 0. The third-order valence-corrected chi connectivity index (χ3v) is 13.6. The fourth-order valence-corrected chi connectivity index (χ4v) is 10.8. The molecule has 13 aromatic rings. The first-order valence-electron chi connectivity index (χ1n) is 21.5. The van der Waals surface area contributed by atoms with E-state index in [2.05, 4.69) is 228 Å². The van der Waals surface area contributed by atoms with Crippen LogP contribution in [0.25, 0.3) is 132 Å². The molecule has 2 heteroatoms. The van der Waals surface area contributed by atoms with Crippen molar-refractivity contribution >= 4 is 75.9 Å². The molecule has 0 N–H and O–H groups in total. The number of para-hydroxylation sites is 1. The van der Waals surface area contributed by atoms with Crippen LogP contribution < -0.4 is 0 Å². The maximum Gasteiger partial charge on any atom is 0.0619 e. The molecule has 0 fully saturated rings. The average molecular weight is 785 g/mol. The third kappa shape index (κ3) is 4.69. The minimum absolute atomic E-state index is 1.16. The molecule has 11 aromatic carbocycles. The number of benzene rings is 11. The summed E-state index contributed by atoms with van der Waals surface area (Å²) in [6.45, 7) is 0. The van der Waals surface area contributed by atoms with Crippen LogP contribution in [0.4, 0.5) is 0 Å². The maximum absolute atomic E-state index is 2.47. The largest absolute Gasteiger partial charge is 0.309 e. The van der Waals surface area contributed by atoms with Crippen LogP contribution in [0, 0.1) is 0 Å². The molecule has 2 nitrogen and oxygen atoms in total. The number of rotatable bonds is 4. The number of hydrogen-bond donors (Lipinski definition) is 0. The Kier molecular flexibility index (Phi) is 6.86. The van der Waals surface area contributed by atoms with Gasteiger partial charge in [0.15, 0.2) is 0 Å². The van der Waals surface area contributed by atoms with E-state index in [1.807, 2.05) is 0 Å². The first-order chi connectivity index (χ1) is 30.7. The molecule has 0 unspecified atom stereocenters. The maximum atomic E-state index is 2.47. The number of nitrogens with zero attached hydrogens (tertiary/aromatic N) is 2. The summed E-state index contributed by atoms with van der Waals surface area (Å²) in [7, 11) is 0. The second kappa shape index (κ2) is 12.7. The zero-order valence-electron chi connectivity index (χ0n) is 33.7. The first-order valence-corrected chi connectivity index (χ1v) is 21.5. The lowest BCUT2D eigenvalue weighted by Gasteiger charge is -2.13. The minimum Gasteiger partial charge on any atom is -0.309 e. The number of fused-ring (bicyclic) bond motifs is 12. The summed E-state index contributed by atoms with van der Waals surface area (Å²) in [5, 5.41) is 12.6. The molecule has 0 saturated carbocycles. The molecule has 0 saturated heterocycles. The molecule has 1 aliphatic rings. The number of aromatic nitrogens is 2. The quantitative estimate of drug-likeness (QED) is 0.168. The Balaban J connectivity index is 0.927. The van der Waals surface area contributed by atoms with E-state index in [1.54, 1.807) is 0 Å². The Bertz CT molecular complexity index is 4020. The van der Waals surface area contributed by atoms with Crippen molar-refractivity contribution in [3.8, 4) is 55.9 Å². The molecule has 1 aliphatic carbocycles. The molecule has 2 aromatic heterocycles. The van der Waals surface area contributed by atoms with Crippen molar-refractivity contribution in [1.82, 2.24) is 9.13 Å². The molecule has 0 atom stereocenters. The van der Waals surface area contributed by atoms with Crippen LogP contribution in [0.15, 0.2) is 218 Å². The van der Waals surface area contributed by atoms with Crippen LogP contribution in [-0.4, -0.2) is 9.13 Å². The van der Waals surface area contributed by atoms with Gasteiger partial charge in [-0.25, -0.2) is 0 Å². The summed E-state index contributed by atoms with van der Waals surface area (Å²) in [6.07, 6.45) is 0. The Morgan fingerprint density at radius 1 is 0.242 bits per heavy atom. The lowest BCUT2D eigenvalue weighted by molar-refractivity contribution is 1.18. The Morgan fingerprint density at radius 2 is 0.823 bits per heavy atom. The highest BCUT2D eigenvalue weighted by Gasteiger charge is 2.23. The van der Waals surface area contributed by atoms with E-state index in [9.17, 15) is 0 Å². The third-order valence-electron chi connectivity index (χ3n) is 13.6. The van der Waals surface area contributed by atoms with E-state index in [1.165, 1.54) is 126 Å². The van der Waals surface area contributed by atoms with E-state index in [4.69, 9.17) is 0 Å². The highest BCUT2D eigenvalue weighted by molar-refractivity contribution is 6.21. The lowest BCUT2D eigenvalue weighted by atomic mass is 9.94. The lowest BCUT2D eigenvalue weighted by Crippen LogP contribution is -1.95. The predicted octanol–water partition coefficient (Wildman–Crippen LogP) is 16.3. The molecule has 0 spiro atoms. The standard InChI is InChI=1S/C60H36N2/c1-2-13-39-33-44(27-23-37(39)11-1)62-58-32-26-41(36-55(58)53-28-24-38-12-3-4-16-46(38)60(53)62)40-25-31-57-54(35-40)49-19-7-8-22-56(49)61(57)43-15-9-14-42(34-43)45-29-30-52-48-18-6-5-17-47(48)51-21-10-20-50(45)59(51)52/h1-36H.